The Labute approximate surface area is 760 Å². The molecule has 50 heteroatoms. The highest BCUT2D eigenvalue weighted by Crippen LogP contribution is 2.22. The molecule has 0 aliphatic rings. The Kier molecular flexibility index (Phi) is 46.6. The van der Waals surface area contributed by atoms with Gasteiger partial charge in [-0.2, -0.15) is 0 Å². The number of H-pyrrole nitrogens is 1. The van der Waals surface area contributed by atoms with E-state index in [1.54, 1.807) is 76.2 Å². The van der Waals surface area contributed by atoms with Gasteiger partial charge in [-0.1, -0.05) is 87.8 Å². The lowest BCUT2D eigenvalue weighted by Crippen LogP contribution is -2.64. The third-order valence-electron chi connectivity index (χ3n) is 19.5. The molecule has 131 heavy (non-hydrogen) atoms. The van der Waals surface area contributed by atoms with Gasteiger partial charge in [-0.25, -0.2) is 0 Å². The van der Waals surface area contributed by atoms with Gasteiger partial charge in [0.1, 0.15) is 78.0 Å². The van der Waals surface area contributed by atoms with Crippen molar-refractivity contribution in [1.29, 1.82) is 5.41 Å². The number of guanidine groups is 1. The number of aliphatic hydroxyl groups excluding tert-OH is 2. The summed E-state index contributed by atoms with van der Waals surface area (Å²) in [5.74, 6) is -26.6. The molecule has 31 N–H and O–H groups in total. The van der Waals surface area contributed by atoms with Crippen LogP contribution in [0.3, 0.4) is 0 Å². The lowest BCUT2D eigenvalue weighted by molar-refractivity contribution is -0.142. The lowest BCUT2D eigenvalue weighted by Gasteiger charge is -2.31. The number of primary amides is 1. The zero-order chi connectivity index (χ0) is 99.0. The minimum absolute atomic E-state index is 0.0135. The van der Waals surface area contributed by atoms with E-state index in [9.17, 15) is 131 Å². The summed E-state index contributed by atoms with van der Waals surface area (Å²) in [4.78, 5) is 283. The number of aromatic amines is 1. The number of carboxylic acids is 4. The van der Waals surface area contributed by atoms with Crippen molar-refractivity contribution in [3.05, 3.63) is 70.3 Å². The van der Waals surface area contributed by atoms with Crippen molar-refractivity contribution in [1.82, 2.24) is 95.4 Å². The number of halogens is 1. The number of nitrogens with two attached hydrogens (primary N) is 3. The summed E-state index contributed by atoms with van der Waals surface area (Å²) in [7, 11) is 0. The lowest BCUT2D eigenvalue weighted by atomic mass is 9.98. The Bertz CT molecular complexity index is 4580. The topological polar surface area (TPSA) is 802 Å². The van der Waals surface area contributed by atoms with Crippen LogP contribution < -0.4 is 108 Å². The van der Waals surface area contributed by atoms with Crippen LogP contribution >= 0.6 is 15.9 Å². The van der Waals surface area contributed by atoms with Gasteiger partial charge >= 0.3 is 23.9 Å². The van der Waals surface area contributed by atoms with Crippen LogP contribution in [-0.2, 0) is 114 Å². The number of aliphatic hydroxyl groups is 2. The summed E-state index contributed by atoms with van der Waals surface area (Å²) < 4.78 is 0.690. The van der Waals surface area contributed by atoms with Crippen LogP contribution in [0.5, 0.6) is 0 Å². The number of para-hydroxylation sites is 1. The number of hydrogen-bond donors (Lipinski definition) is 28. The Morgan fingerprint density at radius 3 is 1.42 bits per heavy atom. The SMILES string of the molecule is CC(C)C[C@@H](NC(=O)[C@@H](CC(=O)O)NC(=O)[C@@H](CCC(=O)O)NC(=O)[C@H](NC(=O)[C@@H](CC(C)C)NC(=O)[C@@H](CCC(=O)O)NC(=O)C(C)(C)NC(=O)[C@@H](Cc1c[nH]c2ccccc12)NC(=O)[C@H](NC(=O)[C@H](N)CC(=O)O)[C@@H](C)O)C(C)C)C(=O)N[C@H](C)C(=O)NCC(=O)NCC(=O)NCC(=O)N[C@@H](CO)C(=O)N[C@@H](Cc1ccc(Br)cc1)C(=O)N[C@@H](CCCNC(=N)N)C(N)=O. The molecule has 2 aromatic carbocycles. The van der Waals surface area contributed by atoms with E-state index in [0.717, 1.165) is 6.92 Å². The van der Waals surface area contributed by atoms with Crippen LogP contribution in [0.25, 0.3) is 10.9 Å². The molecule has 3 aromatic rings. The molecule has 0 unspecified atom stereocenters. The highest BCUT2D eigenvalue weighted by atomic mass is 79.9. The fourth-order valence-electron chi connectivity index (χ4n) is 12.5. The Hall–Kier alpha value is -13.5. The zero-order valence-electron chi connectivity index (χ0n) is 73.9. The van der Waals surface area contributed by atoms with Crippen LogP contribution in [0.1, 0.15) is 145 Å². The minimum atomic E-state index is -2.09. The zero-order valence-corrected chi connectivity index (χ0v) is 75.5. The molecule has 724 valence electrons. The first-order valence-electron chi connectivity index (χ1n) is 41.6. The number of benzene rings is 2. The fourth-order valence-corrected chi connectivity index (χ4v) is 12.8. The van der Waals surface area contributed by atoms with E-state index < -0.39 is 297 Å². The predicted octanol–water partition coefficient (Wildman–Crippen LogP) is -7.33. The largest absolute Gasteiger partial charge is 0.481 e. The smallest absolute Gasteiger partial charge is 0.305 e. The normalized spacial score (nSPS) is 14.4. The van der Waals surface area contributed by atoms with Gasteiger partial charge in [-0.05, 0) is 113 Å². The number of fused-ring (bicyclic) bond motifs is 1. The van der Waals surface area contributed by atoms with Crippen molar-refractivity contribution in [3.8, 4) is 0 Å². The highest BCUT2D eigenvalue weighted by Gasteiger charge is 2.41. The van der Waals surface area contributed by atoms with E-state index >= 15 is 0 Å². The quantitative estimate of drug-likeness (QED) is 0.0142. The fraction of sp³-hybridized carbons (Fsp3) is 0.556. The maximum absolute atomic E-state index is 14.5. The number of aromatic nitrogens is 1. The molecule has 49 nitrogen and oxygen atoms in total. The number of carbonyl (C=O) groups excluding carboxylic acids is 17. The number of rotatable bonds is 58. The second kappa shape index (κ2) is 54.7. The number of carbonyl (C=O) groups is 21. The molecule has 17 amide bonds. The van der Waals surface area contributed by atoms with Crippen molar-refractivity contribution < 1.29 is 131 Å². The van der Waals surface area contributed by atoms with Crippen molar-refractivity contribution in [2.24, 2.45) is 35.0 Å². The van der Waals surface area contributed by atoms with Gasteiger partial charge in [0.05, 0.1) is 51.2 Å². The van der Waals surface area contributed by atoms with Gasteiger partial charge in [0.25, 0.3) is 0 Å². The number of nitrogens with one attached hydrogen (secondary N) is 19. The first kappa shape index (κ1) is 112. The van der Waals surface area contributed by atoms with Gasteiger partial charge < -0.3 is 143 Å². The van der Waals surface area contributed by atoms with Gasteiger partial charge in [0.15, 0.2) is 5.96 Å². The minimum Gasteiger partial charge on any atom is -0.481 e. The summed E-state index contributed by atoms with van der Waals surface area (Å²) in [5.41, 5.74) is 16.1. The summed E-state index contributed by atoms with van der Waals surface area (Å²) in [6, 6.07) is -8.23. The first-order chi connectivity index (χ1) is 61.2. The molecule has 0 radical (unpaired) electrons. The van der Waals surface area contributed by atoms with Crippen LogP contribution in [0.15, 0.2) is 59.2 Å². The van der Waals surface area contributed by atoms with E-state index in [1.807, 2.05) is 0 Å². The standard InChI is InChI=1S/C81H121BrN22O27/c1-37(2)26-51(71(123)92-40(7)67(119)91-34-58(108)89-33-57(107)90-35-59(109)93-56(36-105)75(127)98-53(28-42-17-19-44(82)20-18-42)72(124)94-48(66(84)118)16-13-25-87-80(85)86)97-73(125)55(31-63(116)117)99-69(121)49(21-23-60(110)111)95-77(129)64(39(5)6)102-74(126)52(27-38(3)4)96-70(122)50(22-24-61(112)113)101-79(131)81(9,10)104-76(128)54(29-43-32-88-47-15-12-11-14-45(43)47)100-78(130)65(41(8)106)103-68(120)46(83)30-62(114)115/h11-12,14-15,17-20,32,37-41,46,48-56,64-65,88,105-106H,13,16,21-31,33-36,83H2,1-10H3,(H2,84,118)(H,89,108)(H,90,107)(H,91,119)(H,92,123)(H,93,109)(H,94,124)(H,95,129)(H,96,122)(H,97,125)(H,98,127)(H,99,121)(H,100,130)(H,101,131)(H,102,126)(H,103,120)(H,104,128)(H,110,111)(H,112,113)(H,114,115)(H,116,117)(H4,85,86,87)/t40-,41-,46-,48+,49-,50-,51-,52-,53+,54-,55-,56+,64-,65-/m1/s1. The number of amides is 17. The predicted molar refractivity (Wildman–Crippen MR) is 467 cm³/mol. The second-order valence-electron chi connectivity index (χ2n) is 32.5. The summed E-state index contributed by atoms with van der Waals surface area (Å²) in [6.45, 7) is 10.7. The van der Waals surface area contributed by atoms with E-state index in [2.05, 4.69) is 111 Å². The van der Waals surface area contributed by atoms with Gasteiger partial charge in [0.2, 0.25) is 100 Å². The Balaban J connectivity index is 1.74. The van der Waals surface area contributed by atoms with Crippen molar-refractivity contribution >= 4 is 157 Å². The first-order valence-corrected chi connectivity index (χ1v) is 42.4. The van der Waals surface area contributed by atoms with Crippen LogP contribution in [0, 0.1) is 23.2 Å². The summed E-state index contributed by atoms with van der Waals surface area (Å²) in [6.07, 6.45) is -5.80. The van der Waals surface area contributed by atoms with Gasteiger partial charge in [0, 0.05) is 53.8 Å². The molecule has 0 fully saturated rings. The Morgan fingerprint density at radius 2 is 0.901 bits per heavy atom. The van der Waals surface area contributed by atoms with Crippen molar-refractivity contribution in [2.75, 3.05) is 32.8 Å². The molecule has 0 aliphatic heterocycles. The van der Waals surface area contributed by atoms with Crippen LogP contribution in [-0.4, -0.2) is 289 Å². The van der Waals surface area contributed by atoms with Gasteiger partial charge in [-0.15, -0.1) is 0 Å². The number of carboxylic acid groups (broad SMARTS) is 4. The average Bonchev–Trinajstić information content (AvgIpc) is 1.69. The van der Waals surface area contributed by atoms with Crippen molar-refractivity contribution in [2.45, 2.75) is 236 Å². The second-order valence-corrected chi connectivity index (χ2v) is 33.5. The van der Waals surface area contributed by atoms with E-state index in [4.69, 9.17) is 22.6 Å². The van der Waals surface area contributed by atoms with Crippen LogP contribution in [0.2, 0.25) is 0 Å². The maximum Gasteiger partial charge on any atom is 0.305 e. The van der Waals surface area contributed by atoms with Gasteiger partial charge in [-0.3, -0.25) is 106 Å². The van der Waals surface area contributed by atoms with Crippen LogP contribution in [0.4, 0.5) is 0 Å². The Morgan fingerprint density at radius 1 is 0.450 bits per heavy atom. The molecule has 0 spiro atoms. The average molecular weight is 1910 g/mol. The molecular weight excluding hydrogens is 1790 g/mol. The third-order valence-corrected chi connectivity index (χ3v) is 20.1. The molecule has 0 aliphatic carbocycles. The highest BCUT2D eigenvalue weighted by molar-refractivity contribution is 9.10. The monoisotopic (exact) mass is 1910 g/mol. The maximum atomic E-state index is 14.5. The third kappa shape index (κ3) is 40.8. The number of hydrogen-bond acceptors (Lipinski definition) is 25. The number of aliphatic carboxylic acids is 4. The molecular formula is C81H121BrN22O27. The molecule has 14 atom stereocenters. The molecule has 0 saturated carbocycles. The van der Waals surface area contributed by atoms with Crippen molar-refractivity contribution in [3.63, 3.8) is 0 Å². The van der Waals surface area contributed by atoms with E-state index in [1.165, 1.54) is 40.8 Å². The summed E-state index contributed by atoms with van der Waals surface area (Å²) in [5, 5.41) is 107. The molecule has 0 bridgehead atoms. The summed E-state index contributed by atoms with van der Waals surface area (Å²) >= 11 is 3.31. The van der Waals surface area contributed by atoms with E-state index in [0.29, 0.717) is 26.5 Å². The molecule has 0 saturated heterocycles. The van der Waals surface area contributed by atoms with E-state index in [-0.39, 0.29) is 51.0 Å². The molecule has 3 rings (SSSR count). The molecule has 1 aromatic heterocycles. The molecule has 1 heterocycles.